The molecule has 8 heteroatoms. The van der Waals surface area contributed by atoms with Gasteiger partial charge in [-0.1, -0.05) is 36.4 Å². The molecular formula is C20H20N6OS. The average molecular weight is 392 g/mol. The van der Waals surface area contributed by atoms with Crippen molar-refractivity contribution in [2.45, 2.75) is 19.6 Å². The molecular weight excluding hydrogens is 372 g/mol. The van der Waals surface area contributed by atoms with Gasteiger partial charge in [0, 0.05) is 13.6 Å². The van der Waals surface area contributed by atoms with Crippen molar-refractivity contribution in [3.05, 3.63) is 77.3 Å². The normalized spacial score (nSPS) is 10.9. The van der Waals surface area contributed by atoms with Gasteiger partial charge >= 0.3 is 6.03 Å². The van der Waals surface area contributed by atoms with Crippen molar-refractivity contribution in [3.63, 3.8) is 0 Å². The Balaban J connectivity index is 1.29. The highest BCUT2D eigenvalue weighted by Gasteiger charge is 2.12. The van der Waals surface area contributed by atoms with Gasteiger partial charge in [0.15, 0.2) is 0 Å². The molecule has 2 heterocycles. The number of hydrogen-bond donors (Lipinski definition) is 1. The van der Waals surface area contributed by atoms with E-state index in [4.69, 9.17) is 0 Å². The topological polar surface area (TPSA) is 75.9 Å². The molecule has 0 aliphatic rings. The molecule has 1 N–H and O–H groups in total. The van der Waals surface area contributed by atoms with E-state index in [9.17, 15) is 4.79 Å². The number of rotatable bonds is 6. The Hall–Kier alpha value is -3.26. The van der Waals surface area contributed by atoms with E-state index in [0.29, 0.717) is 19.6 Å². The van der Waals surface area contributed by atoms with Crippen LogP contribution in [0.25, 0.3) is 10.2 Å². The molecule has 7 nitrogen and oxygen atoms in total. The molecule has 0 saturated heterocycles. The predicted octanol–water partition coefficient (Wildman–Crippen LogP) is 3.28. The van der Waals surface area contributed by atoms with Crippen LogP contribution in [0.1, 0.15) is 16.1 Å². The molecule has 0 atom stereocenters. The zero-order valence-corrected chi connectivity index (χ0v) is 16.3. The third-order valence-electron chi connectivity index (χ3n) is 4.34. The summed E-state index contributed by atoms with van der Waals surface area (Å²) in [5, 5.41) is 7.98. The quantitative estimate of drug-likeness (QED) is 0.546. The Morgan fingerprint density at radius 2 is 1.93 bits per heavy atom. The molecule has 0 aliphatic heterocycles. The van der Waals surface area contributed by atoms with Gasteiger partial charge in [0.1, 0.15) is 17.7 Å². The van der Waals surface area contributed by atoms with Crippen LogP contribution in [-0.2, 0) is 19.6 Å². The largest absolute Gasteiger partial charge is 0.334 e. The standard InChI is InChI=1S/C20H20N6OS/c1-25(12-19-24-17-4-2-3-5-18(17)28-19)20(27)22-10-15-6-8-16(9-7-15)11-26-14-21-13-23-26/h2-9,13-14H,10-12H2,1H3,(H,22,27). The number of nitrogens with one attached hydrogen (secondary N) is 1. The molecule has 0 spiro atoms. The second-order valence-corrected chi connectivity index (χ2v) is 7.61. The van der Waals surface area contributed by atoms with E-state index in [0.717, 1.165) is 26.4 Å². The molecule has 4 aromatic rings. The second kappa shape index (κ2) is 8.18. The number of urea groups is 1. The van der Waals surface area contributed by atoms with Crippen molar-refractivity contribution in [3.8, 4) is 0 Å². The Morgan fingerprint density at radius 3 is 2.68 bits per heavy atom. The number of nitrogens with zero attached hydrogens (tertiary/aromatic N) is 5. The van der Waals surface area contributed by atoms with Crippen LogP contribution in [-0.4, -0.2) is 37.7 Å². The minimum atomic E-state index is -0.119. The SMILES string of the molecule is CN(Cc1nc2ccccc2s1)C(=O)NCc1ccc(Cn2cncn2)cc1. The summed E-state index contributed by atoms with van der Waals surface area (Å²) in [6.45, 7) is 1.65. The Morgan fingerprint density at radius 1 is 1.14 bits per heavy atom. The van der Waals surface area contributed by atoms with Gasteiger partial charge in [-0.15, -0.1) is 11.3 Å². The summed E-state index contributed by atoms with van der Waals surface area (Å²) in [6.07, 6.45) is 3.21. The summed E-state index contributed by atoms with van der Waals surface area (Å²) >= 11 is 1.62. The van der Waals surface area contributed by atoms with E-state index in [2.05, 4.69) is 20.4 Å². The van der Waals surface area contributed by atoms with Crippen molar-refractivity contribution < 1.29 is 4.79 Å². The number of fused-ring (bicyclic) bond motifs is 1. The fourth-order valence-electron chi connectivity index (χ4n) is 2.84. The number of amides is 2. The Bertz CT molecular complexity index is 1020. The van der Waals surface area contributed by atoms with Gasteiger partial charge < -0.3 is 10.2 Å². The molecule has 4 rings (SSSR count). The minimum Gasteiger partial charge on any atom is -0.334 e. The third kappa shape index (κ3) is 4.34. The van der Waals surface area contributed by atoms with Crippen LogP contribution < -0.4 is 5.32 Å². The van der Waals surface area contributed by atoms with Crippen LogP contribution >= 0.6 is 11.3 Å². The zero-order valence-electron chi connectivity index (χ0n) is 15.4. The number of aromatic nitrogens is 4. The fourth-order valence-corrected chi connectivity index (χ4v) is 3.86. The van der Waals surface area contributed by atoms with Crippen molar-refractivity contribution in [2.75, 3.05) is 7.05 Å². The summed E-state index contributed by atoms with van der Waals surface area (Å²) < 4.78 is 2.91. The minimum absolute atomic E-state index is 0.119. The van der Waals surface area contributed by atoms with Crippen molar-refractivity contribution >= 4 is 27.6 Å². The van der Waals surface area contributed by atoms with Crippen LogP contribution in [0, 0.1) is 0 Å². The summed E-state index contributed by atoms with van der Waals surface area (Å²) in [5.74, 6) is 0. The molecule has 0 saturated carbocycles. The molecule has 0 unspecified atom stereocenters. The highest BCUT2D eigenvalue weighted by molar-refractivity contribution is 7.18. The van der Waals surface area contributed by atoms with E-state index in [1.807, 2.05) is 48.5 Å². The first-order valence-electron chi connectivity index (χ1n) is 8.91. The summed E-state index contributed by atoms with van der Waals surface area (Å²) in [7, 11) is 1.78. The lowest BCUT2D eigenvalue weighted by atomic mass is 10.1. The molecule has 0 radical (unpaired) electrons. The summed E-state index contributed by atoms with van der Waals surface area (Å²) in [5.41, 5.74) is 3.15. The first-order chi connectivity index (χ1) is 13.7. The smallest absolute Gasteiger partial charge is 0.317 e. The van der Waals surface area contributed by atoms with Gasteiger partial charge in [0.2, 0.25) is 0 Å². The number of carbonyl (C=O) groups is 1. The molecule has 0 fully saturated rings. The van der Waals surface area contributed by atoms with E-state index < -0.39 is 0 Å². The predicted molar refractivity (Wildman–Crippen MR) is 109 cm³/mol. The maximum atomic E-state index is 12.4. The van der Waals surface area contributed by atoms with Crippen molar-refractivity contribution in [1.82, 2.24) is 30.0 Å². The lowest BCUT2D eigenvalue weighted by Crippen LogP contribution is -2.36. The maximum Gasteiger partial charge on any atom is 0.317 e. The first kappa shape index (κ1) is 18.1. The van der Waals surface area contributed by atoms with Crippen LogP contribution in [0.3, 0.4) is 0 Å². The van der Waals surface area contributed by atoms with Gasteiger partial charge in [0.05, 0.1) is 23.3 Å². The Labute approximate surface area is 166 Å². The molecule has 0 bridgehead atoms. The number of benzene rings is 2. The number of carbonyl (C=O) groups excluding carboxylic acids is 1. The fraction of sp³-hybridized carbons (Fsp3) is 0.200. The summed E-state index contributed by atoms with van der Waals surface area (Å²) in [6, 6.07) is 16.0. The lowest BCUT2D eigenvalue weighted by Gasteiger charge is -2.16. The molecule has 28 heavy (non-hydrogen) atoms. The van der Waals surface area contributed by atoms with Crippen LogP contribution in [0.15, 0.2) is 61.2 Å². The Kier molecular flexibility index (Phi) is 5.29. The highest BCUT2D eigenvalue weighted by atomic mass is 32.1. The van der Waals surface area contributed by atoms with Crippen molar-refractivity contribution in [1.29, 1.82) is 0 Å². The molecule has 142 valence electrons. The lowest BCUT2D eigenvalue weighted by molar-refractivity contribution is 0.206. The molecule has 2 aromatic carbocycles. The van der Waals surface area contributed by atoms with E-state index in [1.54, 1.807) is 34.3 Å². The number of para-hydroxylation sites is 1. The van der Waals surface area contributed by atoms with Gasteiger partial charge in [-0.05, 0) is 23.3 Å². The molecule has 2 aromatic heterocycles. The second-order valence-electron chi connectivity index (χ2n) is 6.50. The van der Waals surface area contributed by atoms with Crippen molar-refractivity contribution in [2.24, 2.45) is 0 Å². The zero-order chi connectivity index (χ0) is 19.3. The van der Waals surface area contributed by atoms with Gasteiger partial charge in [-0.25, -0.2) is 19.4 Å². The van der Waals surface area contributed by atoms with Gasteiger partial charge in [-0.2, -0.15) is 5.10 Å². The highest BCUT2D eigenvalue weighted by Crippen LogP contribution is 2.22. The number of hydrogen-bond acceptors (Lipinski definition) is 5. The van der Waals surface area contributed by atoms with E-state index in [1.165, 1.54) is 6.33 Å². The van der Waals surface area contributed by atoms with Gasteiger partial charge in [0.25, 0.3) is 0 Å². The van der Waals surface area contributed by atoms with Crippen LogP contribution in [0.2, 0.25) is 0 Å². The molecule has 0 aliphatic carbocycles. The first-order valence-corrected chi connectivity index (χ1v) is 9.73. The average Bonchev–Trinajstić information content (AvgIpc) is 3.36. The summed E-state index contributed by atoms with van der Waals surface area (Å²) in [4.78, 5) is 22.6. The van der Waals surface area contributed by atoms with E-state index >= 15 is 0 Å². The van der Waals surface area contributed by atoms with Crippen LogP contribution in [0.4, 0.5) is 4.79 Å². The van der Waals surface area contributed by atoms with E-state index in [-0.39, 0.29) is 6.03 Å². The third-order valence-corrected chi connectivity index (χ3v) is 5.36. The maximum absolute atomic E-state index is 12.4. The number of thiazole rings is 1. The molecule has 2 amide bonds. The van der Waals surface area contributed by atoms with Gasteiger partial charge in [-0.3, -0.25) is 0 Å². The van der Waals surface area contributed by atoms with Crippen LogP contribution in [0.5, 0.6) is 0 Å². The monoisotopic (exact) mass is 392 g/mol.